The van der Waals surface area contributed by atoms with Crippen LogP contribution in [0.15, 0.2) is 12.1 Å². The maximum atomic E-state index is 13.7. The summed E-state index contributed by atoms with van der Waals surface area (Å²) in [5.41, 5.74) is 6.13. The van der Waals surface area contributed by atoms with E-state index in [0.717, 1.165) is 6.07 Å². The number of amides is 1. The molecule has 1 unspecified atom stereocenters. The largest absolute Gasteiger partial charge is 0.390 e. The van der Waals surface area contributed by atoms with Gasteiger partial charge in [-0.2, -0.15) is 13.2 Å². The van der Waals surface area contributed by atoms with Crippen LogP contribution in [0.3, 0.4) is 0 Å². The Morgan fingerprint density at radius 3 is 2.63 bits per heavy atom. The van der Waals surface area contributed by atoms with Gasteiger partial charge in [-0.05, 0) is 24.1 Å². The minimum Gasteiger partial charge on any atom is -0.326 e. The zero-order chi connectivity index (χ0) is 14.2. The van der Waals surface area contributed by atoms with Crippen molar-refractivity contribution in [1.82, 2.24) is 0 Å². The Kier molecular flexibility index (Phi) is 3.49. The summed E-state index contributed by atoms with van der Waals surface area (Å²) >= 11 is 0. The molecule has 0 aliphatic carbocycles. The zero-order valence-electron chi connectivity index (χ0n) is 9.85. The van der Waals surface area contributed by atoms with E-state index in [4.69, 9.17) is 5.73 Å². The lowest BCUT2D eigenvalue weighted by molar-refractivity contribution is -0.138. The molecule has 1 aromatic rings. The van der Waals surface area contributed by atoms with E-state index in [1.54, 1.807) is 0 Å². The Morgan fingerprint density at radius 1 is 1.32 bits per heavy atom. The normalized spacial score (nSPS) is 16.8. The molecule has 0 saturated heterocycles. The second-order valence-corrected chi connectivity index (χ2v) is 4.50. The van der Waals surface area contributed by atoms with E-state index in [1.165, 1.54) is 6.07 Å². The van der Waals surface area contributed by atoms with Gasteiger partial charge in [-0.25, -0.2) is 4.39 Å². The number of carbonyl (C=O) groups excluding carboxylic acids is 1. The molecular weight excluding hydrogens is 264 g/mol. The first-order valence-corrected chi connectivity index (χ1v) is 5.71. The molecule has 104 valence electrons. The number of anilines is 1. The van der Waals surface area contributed by atoms with Crippen molar-refractivity contribution in [3.8, 4) is 0 Å². The molecule has 1 heterocycles. The first-order valence-electron chi connectivity index (χ1n) is 5.71. The fraction of sp³-hybridized carbons (Fsp3) is 0.417. The van der Waals surface area contributed by atoms with Crippen LogP contribution in [0.25, 0.3) is 0 Å². The molecule has 0 bridgehead atoms. The summed E-state index contributed by atoms with van der Waals surface area (Å²) in [4.78, 5) is 11.1. The van der Waals surface area contributed by atoms with Crippen LogP contribution in [0.1, 0.15) is 30.0 Å². The van der Waals surface area contributed by atoms with Crippen molar-refractivity contribution in [2.24, 2.45) is 5.73 Å². The Morgan fingerprint density at radius 2 is 2.00 bits per heavy atom. The monoisotopic (exact) mass is 276 g/mol. The van der Waals surface area contributed by atoms with E-state index < -0.39 is 24.5 Å². The van der Waals surface area contributed by atoms with Crippen LogP contribution in [-0.2, 0) is 11.2 Å². The molecule has 0 aromatic heterocycles. The highest BCUT2D eigenvalue weighted by molar-refractivity contribution is 5.93. The molecule has 1 atom stereocenters. The fourth-order valence-electron chi connectivity index (χ4n) is 2.06. The smallest absolute Gasteiger partial charge is 0.326 e. The van der Waals surface area contributed by atoms with Crippen molar-refractivity contribution >= 4 is 11.6 Å². The third-order valence-corrected chi connectivity index (χ3v) is 2.97. The molecule has 3 nitrogen and oxygen atoms in total. The third kappa shape index (κ3) is 3.23. The lowest BCUT2D eigenvalue weighted by Crippen LogP contribution is -2.23. The number of hydrogen-bond acceptors (Lipinski definition) is 2. The Labute approximate surface area is 106 Å². The molecular formula is C12H12F4N2O. The van der Waals surface area contributed by atoms with Gasteiger partial charge >= 0.3 is 6.18 Å². The summed E-state index contributed by atoms with van der Waals surface area (Å²) in [6.07, 6.45) is -5.13. The van der Waals surface area contributed by atoms with Crippen molar-refractivity contribution in [3.63, 3.8) is 0 Å². The summed E-state index contributed by atoms with van der Waals surface area (Å²) < 4.78 is 50.5. The number of rotatable bonds is 2. The molecule has 1 aromatic carbocycles. The Bertz CT molecular complexity index is 513. The summed E-state index contributed by atoms with van der Waals surface area (Å²) in [5, 5.41) is 2.47. The van der Waals surface area contributed by atoms with Crippen LogP contribution < -0.4 is 11.1 Å². The van der Waals surface area contributed by atoms with E-state index >= 15 is 0 Å². The Balaban J connectivity index is 2.30. The molecule has 7 heteroatoms. The number of hydrogen-bond donors (Lipinski definition) is 2. The van der Waals surface area contributed by atoms with Crippen LogP contribution in [0.5, 0.6) is 0 Å². The van der Waals surface area contributed by atoms with Crippen molar-refractivity contribution in [2.75, 3.05) is 5.32 Å². The van der Waals surface area contributed by atoms with E-state index in [-0.39, 0.29) is 17.9 Å². The number of nitrogens with two attached hydrogens (primary N) is 1. The number of aryl methyl sites for hydroxylation is 1. The van der Waals surface area contributed by atoms with Crippen LogP contribution >= 0.6 is 0 Å². The Hall–Kier alpha value is -1.63. The first kappa shape index (κ1) is 13.8. The van der Waals surface area contributed by atoms with Gasteiger partial charge in [0.05, 0.1) is 6.42 Å². The molecule has 0 radical (unpaired) electrons. The van der Waals surface area contributed by atoms with Gasteiger partial charge in [-0.15, -0.1) is 0 Å². The van der Waals surface area contributed by atoms with Gasteiger partial charge in [0.2, 0.25) is 5.91 Å². The van der Waals surface area contributed by atoms with Crippen LogP contribution in [0, 0.1) is 5.82 Å². The average molecular weight is 276 g/mol. The molecule has 0 fully saturated rings. The quantitative estimate of drug-likeness (QED) is 0.816. The summed E-state index contributed by atoms with van der Waals surface area (Å²) in [6.45, 7) is 0. The molecule has 0 spiro atoms. The van der Waals surface area contributed by atoms with Crippen LogP contribution in [0.2, 0.25) is 0 Å². The predicted octanol–water partition coefficient (Wildman–Crippen LogP) is 2.66. The maximum Gasteiger partial charge on any atom is 0.390 e. The highest BCUT2D eigenvalue weighted by Gasteiger charge is 2.32. The predicted molar refractivity (Wildman–Crippen MR) is 61.0 cm³/mol. The van der Waals surface area contributed by atoms with E-state index in [1.807, 2.05) is 0 Å². The van der Waals surface area contributed by atoms with E-state index in [0.29, 0.717) is 17.7 Å². The second-order valence-electron chi connectivity index (χ2n) is 4.50. The average Bonchev–Trinajstić information content (AvgIpc) is 2.25. The summed E-state index contributed by atoms with van der Waals surface area (Å²) in [5.74, 6) is -1.07. The number of benzene rings is 1. The van der Waals surface area contributed by atoms with Crippen molar-refractivity contribution in [3.05, 3.63) is 29.1 Å². The number of alkyl halides is 3. The van der Waals surface area contributed by atoms with Gasteiger partial charge < -0.3 is 11.1 Å². The van der Waals surface area contributed by atoms with Crippen molar-refractivity contribution in [1.29, 1.82) is 0 Å². The SMILES string of the molecule is NC(CC(F)(F)F)c1cc2c(cc1F)NC(=O)CC2. The third-order valence-electron chi connectivity index (χ3n) is 2.97. The molecule has 1 aliphatic heterocycles. The van der Waals surface area contributed by atoms with Gasteiger partial charge in [0.25, 0.3) is 0 Å². The molecule has 1 amide bonds. The first-order chi connectivity index (χ1) is 8.76. The molecule has 19 heavy (non-hydrogen) atoms. The lowest BCUT2D eigenvalue weighted by Gasteiger charge is -2.21. The number of carbonyl (C=O) groups is 1. The maximum absolute atomic E-state index is 13.7. The van der Waals surface area contributed by atoms with E-state index in [2.05, 4.69) is 5.32 Å². The molecule has 1 aliphatic rings. The minimum atomic E-state index is -4.45. The highest BCUT2D eigenvalue weighted by Crippen LogP contribution is 2.33. The van der Waals surface area contributed by atoms with Gasteiger partial charge in [0.15, 0.2) is 0 Å². The van der Waals surface area contributed by atoms with Gasteiger partial charge in [0.1, 0.15) is 5.82 Å². The summed E-state index contributed by atoms with van der Waals surface area (Å²) in [7, 11) is 0. The van der Waals surface area contributed by atoms with Gasteiger partial charge in [-0.3, -0.25) is 4.79 Å². The van der Waals surface area contributed by atoms with Crippen molar-refractivity contribution < 1.29 is 22.4 Å². The minimum absolute atomic E-state index is 0.174. The molecule has 3 N–H and O–H groups in total. The van der Waals surface area contributed by atoms with Gasteiger partial charge in [0, 0.05) is 23.7 Å². The lowest BCUT2D eigenvalue weighted by atomic mass is 9.95. The van der Waals surface area contributed by atoms with E-state index in [9.17, 15) is 22.4 Å². The molecule has 2 rings (SSSR count). The van der Waals surface area contributed by atoms with Crippen LogP contribution in [0.4, 0.5) is 23.2 Å². The standard InChI is InChI=1S/C12H12F4N2O/c13-8-4-10-6(1-2-11(19)18-10)3-7(8)9(17)5-12(14,15)16/h3-4,9H,1-2,5,17H2,(H,18,19). The second kappa shape index (κ2) is 4.80. The van der Waals surface area contributed by atoms with Gasteiger partial charge in [-0.1, -0.05) is 0 Å². The van der Waals surface area contributed by atoms with Crippen LogP contribution in [-0.4, -0.2) is 12.1 Å². The number of nitrogens with one attached hydrogen (secondary N) is 1. The number of fused-ring (bicyclic) bond motifs is 1. The molecule has 0 saturated carbocycles. The fourth-order valence-corrected chi connectivity index (χ4v) is 2.06. The zero-order valence-corrected chi connectivity index (χ0v) is 9.85. The van der Waals surface area contributed by atoms with Crippen molar-refractivity contribution in [2.45, 2.75) is 31.5 Å². The summed E-state index contributed by atoms with van der Waals surface area (Å²) in [6, 6.07) is 0.890. The topological polar surface area (TPSA) is 55.1 Å². The highest BCUT2D eigenvalue weighted by atomic mass is 19.4. The number of halogens is 4.